The fourth-order valence-electron chi connectivity index (χ4n) is 4.91. The molecule has 1 N–H and O–H groups in total. The number of aromatic amines is 1. The molecular formula is C23H22N4O4. The Morgan fingerprint density at radius 2 is 1.87 bits per heavy atom. The molecule has 158 valence electrons. The maximum atomic E-state index is 13.3. The molecule has 8 nitrogen and oxygen atoms in total. The van der Waals surface area contributed by atoms with Crippen LogP contribution in [0.15, 0.2) is 48.5 Å². The molecule has 0 bridgehead atoms. The van der Waals surface area contributed by atoms with Crippen molar-refractivity contribution < 1.29 is 14.5 Å². The normalized spacial score (nSPS) is 20.7. The van der Waals surface area contributed by atoms with Crippen molar-refractivity contribution >= 4 is 28.4 Å². The number of aromatic nitrogens is 1. The van der Waals surface area contributed by atoms with Crippen molar-refractivity contribution in [3.63, 3.8) is 0 Å². The lowest BCUT2D eigenvalue weighted by Gasteiger charge is -2.47. The second-order valence-corrected chi connectivity index (χ2v) is 8.09. The van der Waals surface area contributed by atoms with Crippen LogP contribution in [0.1, 0.15) is 36.2 Å². The first-order chi connectivity index (χ1) is 15.0. The molecule has 0 spiro atoms. The number of H-pyrrole nitrogens is 1. The van der Waals surface area contributed by atoms with Gasteiger partial charge >= 0.3 is 0 Å². The van der Waals surface area contributed by atoms with Crippen molar-refractivity contribution in [3.8, 4) is 0 Å². The Balaban J connectivity index is 1.68. The summed E-state index contributed by atoms with van der Waals surface area (Å²) in [5.41, 5.74) is 3.58. The summed E-state index contributed by atoms with van der Waals surface area (Å²) in [5.74, 6) is -0.144. The van der Waals surface area contributed by atoms with Gasteiger partial charge in [-0.15, -0.1) is 0 Å². The second kappa shape index (κ2) is 7.23. The van der Waals surface area contributed by atoms with Crippen LogP contribution in [0.4, 0.5) is 5.69 Å². The van der Waals surface area contributed by atoms with Gasteiger partial charge in [0.2, 0.25) is 11.8 Å². The number of fused-ring (bicyclic) bond motifs is 4. The van der Waals surface area contributed by atoms with Gasteiger partial charge in [0.15, 0.2) is 0 Å². The number of nitro groups is 1. The molecule has 0 saturated carbocycles. The molecule has 2 amide bonds. The molecule has 2 aliphatic rings. The van der Waals surface area contributed by atoms with Crippen LogP contribution in [-0.2, 0) is 16.0 Å². The number of carbonyl (C=O) groups excluding carboxylic acids is 2. The highest BCUT2D eigenvalue weighted by Crippen LogP contribution is 2.42. The molecule has 5 rings (SSSR count). The predicted octanol–water partition coefficient (Wildman–Crippen LogP) is 3.17. The third-order valence-electron chi connectivity index (χ3n) is 6.26. The highest BCUT2D eigenvalue weighted by atomic mass is 16.6. The van der Waals surface area contributed by atoms with Crippen LogP contribution in [0.3, 0.4) is 0 Å². The summed E-state index contributed by atoms with van der Waals surface area (Å²) >= 11 is 0. The zero-order chi connectivity index (χ0) is 21.7. The highest BCUT2D eigenvalue weighted by molar-refractivity contribution is 5.97. The van der Waals surface area contributed by atoms with Gasteiger partial charge in [-0.2, -0.15) is 0 Å². The maximum absolute atomic E-state index is 13.3. The monoisotopic (exact) mass is 418 g/mol. The number of nitro benzene ring substituents is 1. The van der Waals surface area contributed by atoms with Crippen molar-refractivity contribution in [3.05, 3.63) is 75.5 Å². The summed E-state index contributed by atoms with van der Waals surface area (Å²) < 4.78 is 0. The van der Waals surface area contributed by atoms with Gasteiger partial charge in [-0.3, -0.25) is 19.7 Å². The van der Waals surface area contributed by atoms with Gasteiger partial charge in [0, 0.05) is 41.7 Å². The van der Waals surface area contributed by atoms with Crippen molar-refractivity contribution in [1.82, 2.24) is 14.8 Å². The maximum Gasteiger partial charge on any atom is 0.269 e. The van der Waals surface area contributed by atoms with Crippen LogP contribution in [0.25, 0.3) is 10.9 Å². The van der Waals surface area contributed by atoms with Crippen LogP contribution in [-0.4, -0.2) is 50.7 Å². The van der Waals surface area contributed by atoms with E-state index in [4.69, 9.17) is 0 Å². The summed E-state index contributed by atoms with van der Waals surface area (Å²) in [5, 5.41) is 12.1. The van der Waals surface area contributed by atoms with Gasteiger partial charge < -0.3 is 14.8 Å². The number of rotatable bonds is 4. The van der Waals surface area contributed by atoms with E-state index in [0.717, 1.165) is 34.1 Å². The lowest BCUT2D eigenvalue weighted by molar-refractivity contribution is -0.384. The Bertz CT molecular complexity index is 1200. The Kier molecular flexibility index (Phi) is 4.50. The third-order valence-corrected chi connectivity index (χ3v) is 6.26. The number of piperazine rings is 1. The summed E-state index contributed by atoms with van der Waals surface area (Å²) in [6.45, 7) is 2.60. The van der Waals surface area contributed by atoms with E-state index in [2.05, 4.69) is 4.98 Å². The molecule has 8 heteroatoms. The van der Waals surface area contributed by atoms with E-state index in [1.165, 1.54) is 12.1 Å². The minimum absolute atomic E-state index is 0.0110. The fourth-order valence-corrected chi connectivity index (χ4v) is 4.91. The average Bonchev–Trinajstić information content (AvgIpc) is 3.14. The summed E-state index contributed by atoms with van der Waals surface area (Å²) in [4.78, 5) is 44.0. The van der Waals surface area contributed by atoms with E-state index in [0.29, 0.717) is 13.0 Å². The standard InChI is InChI=1S/C23H22N4O4/c1-2-11-25-13-20(28)26-19(23(25)29)12-17-16-5-3-4-6-18(16)24-21(17)22(26)14-7-9-15(10-8-14)27(30)31/h3-10,19,22,24H,2,11-13H2,1H3/t19-,22+/m1/s1. The molecule has 2 aromatic carbocycles. The minimum Gasteiger partial charge on any atom is -0.356 e. The SMILES string of the molecule is CCCN1CC(=O)N2[C@@H](c3ccc([N+](=O)[O-])cc3)c3[nH]c4ccccc4c3C[C@@H]2C1=O. The molecule has 3 aromatic rings. The van der Waals surface area contributed by atoms with E-state index in [9.17, 15) is 19.7 Å². The first kappa shape index (κ1) is 19.3. The van der Waals surface area contributed by atoms with Crippen LogP contribution in [0.2, 0.25) is 0 Å². The average molecular weight is 418 g/mol. The van der Waals surface area contributed by atoms with Crippen LogP contribution < -0.4 is 0 Å². The number of para-hydroxylation sites is 1. The van der Waals surface area contributed by atoms with E-state index in [-0.39, 0.29) is 24.0 Å². The topological polar surface area (TPSA) is 99.5 Å². The largest absolute Gasteiger partial charge is 0.356 e. The number of carbonyl (C=O) groups is 2. The number of amides is 2. The molecule has 0 radical (unpaired) electrons. The number of nitrogens with one attached hydrogen (secondary N) is 1. The summed E-state index contributed by atoms with van der Waals surface area (Å²) in [7, 11) is 0. The van der Waals surface area contributed by atoms with Crippen molar-refractivity contribution in [2.24, 2.45) is 0 Å². The molecular weight excluding hydrogens is 396 g/mol. The molecule has 2 aliphatic heterocycles. The number of nitrogens with zero attached hydrogens (tertiary/aromatic N) is 3. The fraction of sp³-hybridized carbons (Fsp3) is 0.304. The number of hydrogen-bond acceptors (Lipinski definition) is 4. The lowest BCUT2D eigenvalue weighted by Crippen LogP contribution is -2.63. The number of non-ortho nitro benzene ring substituents is 1. The zero-order valence-electron chi connectivity index (χ0n) is 17.1. The molecule has 1 aromatic heterocycles. The smallest absolute Gasteiger partial charge is 0.269 e. The predicted molar refractivity (Wildman–Crippen MR) is 114 cm³/mol. The summed E-state index contributed by atoms with van der Waals surface area (Å²) in [6.07, 6.45) is 1.24. The van der Waals surface area contributed by atoms with Crippen LogP contribution in [0, 0.1) is 10.1 Å². The highest BCUT2D eigenvalue weighted by Gasteiger charge is 2.48. The van der Waals surface area contributed by atoms with Crippen molar-refractivity contribution in [2.75, 3.05) is 13.1 Å². The Hall–Kier alpha value is -3.68. The summed E-state index contributed by atoms with van der Waals surface area (Å²) in [6, 6.07) is 13.1. The quantitative estimate of drug-likeness (QED) is 0.520. The van der Waals surface area contributed by atoms with Crippen molar-refractivity contribution in [1.29, 1.82) is 0 Å². The molecule has 1 saturated heterocycles. The minimum atomic E-state index is -0.584. The number of benzene rings is 2. The lowest BCUT2D eigenvalue weighted by atomic mass is 9.86. The Labute approximate surface area is 178 Å². The zero-order valence-corrected chi connectivity index (χ0v) is 17.1. The van der Waals surface area contributed by atoms with E-state index < -0.39 is 17.0 Å². The molecule has 3 heterocycles. The van der Waals surface area contributed by atoms with E-state index >= 15 is 0 Å². The van der Waals surface area contributed by atoms with E-state index in [1.807, 2.05) is 31.2 Å². The van der Waals surface area contributed by atoms with Gasteiger partial charge in [-0.25, -0.2) is 0 Å². The number of hydrogen-bond donors (Lipinski definition) is 1. The third kappa shape index (κ3) is 2.98. The van der Waals surface area contributed by atoms with Crippen molar-refractivity contribution in [2.45, 2.75) is 31.8 Å². The van der Waals surface area contributed by atoms with Gasteiger partial charge in [0.1, 0.15) is 6.04 Å². The Morgan fingerprint density at radius 3 is 2.58 bits per heavy atom. The molecule has 2 atom stereocenters. The van der Waals surface area contributed by atoms with Crippen LogP contribution >= 0.6 is 0 Å². The second-order valence-electron chi connectivity index (χ2n) is 8.09. The molecule has 31 heavy (non-hydrogen) atoms. The molecule has 1 fully saturated rings. The van der Waals surface area contributed by atoms with Crippen LogP contribution in [0.5, 0.6) is 0 Å². The molecule has 0 aliphatic carbocycles. The first-order valence-electron chi connectivity index (χ1n) is 10.4. The van der Waals surface area contributed by atoms with E-state index in [1.54, 1.807) is 21.9 Å². The first-order valence-corrected chi connectivity index (χ1v) is 10.4. The van der Waals surface area contributed by atoms with Gasteiger partial charge in [0.25, 0.3) is 5.69 Å². The van der Waals surface area contributed by atoms with Gasteiger partial charge in [0.05, 0.1) is 17.5 Å². The Morgan fingerprint density at radius 1 is 1.13 bits per heavy atom. The van der Waals surface area contributed by atoms with Gasteiger partial charge in [-0.05, 0) is 35.7 Å². The van der Waals surface area contributed by atoms with Gasteiger partial charge in [-0.1, -0.05) is 25.1 Å². The molecule has 0 unspecified atom stereocenters.